The van der Waals surface area contributed by atoms with E-state index < -0.39 is 4.92 Å². The summed E-state index contributed by atoms with van der Waals surface area (Å²) < 4.78 is 1.65. The van der Waals surface area contributed by atoms with Gasteiger partial charge in [-0.25, -0.2) is 0 Å². The van der Waals surface area contributed by atoms with Gasteiger partial charge in [0.1, 0.15) is 0 Å². The second-order valence-corrected chi connectivity index (χ2v) is 5.52. The van der Waals surface area contributed by atoms with E-state index in [1.54, 1.807) is 35.9 Å². The summed E-state index contributed by atoms with van der Waals surface area (Å²) in [5.74, 6) is -0.0649. The van der Waals surface area contributed by atoms with Crippen LogP contribution in [0.3, 0.4) is 0 Å². The lowest BCUT2D eigenvalue weighted by Gasteiger charge is -2.17. The molecule has 7 heteroatoms. The molecular formula is C15H16N4O3. The molecule has 1 aliphatic heterocycles. The zero-order valence-corrected chi connectivity index (χ0v) is 12.4. The third kappa shape index (κ3) is 2.45. The molecule has 2 aromatic rings. The van der Waals surface area contributed by atoms with E-state index in [4.69, 9.17) is 0 Å². The van der Waals surface area contributed by atoms with Crippen LogP contribution in [0.1, 0.15) is 16.7 Å². The molecule has 0 atom stereocenters. The van der Waals surface area contributed by atoms with Crippen molar-refractivity contribution in [1.82, 2.24) is 9.78 Å². The number of anilines is 1. The highest BCUT2D eigenvalue weighted by Gasteiger charge is 2.28. The predicted octanol–water partition coefficient (Wildman–Crippen LogP) is 1.77. The first-order chi connectivity index (χ1) is 10.5. The van der Waals surface area contributed by atoms with Gasteiger partial charge in [0.15, 0.2) is 0 Å². The molecule has 7 nitrogen and oxygen atoms in total. The monoisotopic (exact) mass is 300 g/mol. The second-order valence-electron chi connectivity index (χ2n) is 5.52. The Hall–Kier alpha value is -2.70. The first kappa shape index (κ1) is 14.2. The number of carbonyl (C=O) groups is 1. The van der Waals surface area contributed by atoms with Crippen molar-refractivity contribution in [2.75, 3.05) is 11.4 Å². The smallest absolute Gasteiger partial charge is 0.274 e. The number of aryl methyl sites for hydroxylation is 2. The van der Waals surface area contributed by atoms with Gasteiger partial charge in [-0.1, -0.05) is 0 Å². The zero-order chi connectivity index (χ0) is 15.9. The maximum atomic E-state index is 12.5. The number of benzene rings is 1. The van der Waals surface area contributed by atoms with E-state index in [9.17, 15) is 14.9 Å². The molecule has 0 fully saturated rings. The van der Waals surface area contributed by atoms with Gasteiger partial charge >= 0.3 is 0 Å². The van der Waals surface area contributed by atoms with Crippen molar-refractivity contribution in [3.63, 3.8) is 0 Å². The summed E-state index contributed by atoms with van der Waals surface area (Å²) in [4.78, 5) is 24.8. The van der Waals surface area contributed by atoms with Gasteiger partial charge in [-0.15, -0.1) is 0 Å². The van der Waals surface area contributed by atoms with Crippen molar-refractivity contribution in [1.29, 1.82) is 0 Å². The molecule has 3 rings (SSSR count). The van der Waals surface area contributed by atoms with Gasteiger partial charge in [-0.3, -0.25) is 19.6 Å². The van der Waals surface area contributed by atoms with Crippen LogP contribution >= 0.6 is 0 Å². The Bertz CT molecular complexity index is 766. The van der Waals surface area contributed by atoms with Crippen molar-refractivity contribution >= 4 is 17.3 Å². The average Bonchev–Trinajstić information content (AvgIpc) is 3.03. The summed E-state index contributed by atoms with van der Waals surface area (Å²) in [5, 5.41) is 15.1. The summed E-state index contributed by atoms with van der Waals surface area (Å²) in [5.41, 5.74) is 3.17. The Balaban J connectivity index is 1.88. The molecule has 0 saturated carbocycles. The van der Waals surface area contributed by atoms with Crippen LogP contribution in [0.25, 0.3) is 0 Å². The number of nitro benzene ring substituents is 1. The minimum absolute atomic E-state index is 0.0554. The summed E-state index contributed by atoms with van der Waals surface area (Å²) in [6.07, 6.45) is 4.43. The van der Waals surface area contributed by atoms with Gasteiger partial charge in [-0.05, 0) is 30.5 Å². The summed E-state index contributed by atoms with van der Waals surface area (Å²) in [7, 11) is 1.80. The van der Waals surface area contributed by atoms with E-state index in [-0.39, 0.29) is 18.0 Å². The van der Waals surface area contributed by atoms with Gasteiger partial charge in [0.05, 0.1) is 23.2 Å². The van der Waals surface area contributed by atoms with E-state index in [1.165, 1.54) is 6.07 Å². The van der Waals surface area contributed by atoms with E-state index in [0.717, 1.165) is 17.5 Å². The lowest BCUT2D eigenvalue weighted by Crippen LogP contribution is -2.30. The van der Waals surface area contributed by atoms with E-state index >= 15 is 0 Å². The van der Waals surface area contributed by atoms with Crippen LogP contribution in [0.15, 0.2) is 24.5 Å². The molecule has 0 spiro atoms. The molecule has 2 heterocycles. The Morgan fingerprint density at radius 3 is 2.86 bits per heavy atom. The first-order valence-electron chi connectivity index (χ1n) is 7.01. The third-order valence-electron chi connectivity index (χ3n) is 3.90. The molecule has 114 valence electrons. The van der Waals surface area contributed by atoms with Crippen LogP contribution < -0.4 is 4.90 Å². The first-order valence-corrected chi connectivity index (χ1v) is 7.01. The van der Waals surface area contributed by atoms with Crippen LogP contribution in [0.5, 0.6) is 0 Å². The second kappa shape index (κ2) is 5.25. The number of hydrogen-bond acceptors (Lipinski definition) is 4. The van der Waals surface area contributed by atoms with E-state index in [0.29, 0.717) is 17.8 Å². The topological polar surface area (TPSA) is 81.3 Å². The molecule has 1 aromatic carbocycles. The number of amides is 1. The molecule has 0 radical (unpaired) electrons. The summed E-state index contributed by atoms with van der Waals surface area (Å²) in [6, 6.07) is 3.32. The predicted molar refractivity (Wildman–Crippen MR) is 80.8 cm³/mol. The van der Waals surface area contributed by atoms with Gasteiger partial charge in [0, 0.05) is 31.4 Å². The van der Waals surface area contributed by atoms with Crippen LogP contribution in [0.2, 0.25) is 0 Å². The molecule has 1 amide bonds. The number of rotatable bonds is 3. The Morgan fingerprint density at radius 1 is 1.45 bits per heavy atom. The van der Waals surface area contributed by atoms with Gasteiger partial charge in [-0.2, -0.15) is 5.10 Å². The number of nitro groups is 1. The zero-order valence-electron chi connectivity index (χ0n) is 12.4. The van der Waals surface area contributed by atoms with Crippen molar-refractivity contribution in [2.24, 2.45) is 7.05 Å². The van der Waals surface area contributed by atoms with Crippen molar-refractivity contribution in [2.45, 2.75) is 19.8 Å². The highest BCUT2D eigenvalue weighted by atomic mass is 16.6. The molecule has 1 aromatic heterocycles. The molecule has 0 N–H and O–H groups in total. The number of hydrogen-bond donors (Lipinski definition) is 0. The molecule has 22 heavy (non-hydrogen) atoms. The van der Waals surface area contributed by atoms with Crippen molar-refractivity contribution in [3.05, 3.63) is 51.3 Å². The van der Waals surface area contributed by atoms with E-state index in [2.05, 4.69) is 5.10 Å². The van der Waals surface area contributed by atoms with Crippen LogP contribution in [-0.2, 0) is 24.7 Å². The fourth-order valence-corrected chi connectivity index (χ4v) is 2.84. The third-order valence-corrected chi connectivity index (χ3v) is 3.90. The summed E-state index contributed by atoms with van der Waals surface area (Å²) >= 11 is 0. The lowest BCUT2D eigenvalue weighted by atomic mass is 10.1. The quantitative estimate of drug-likeness (QED) is 0.639. The Morgan fingerprint density at radius 2 is 2.23 bits per heavy atom. The standard InChI is InChI=1S/C15H16N4O3/c1-10-5-12-3-4-18(14(12)7-13(10)19(21)22)15(20)6-11-8-16-17(2)9-11/h5,7-9H,3-4,6H2,1-2H3. The number of aromatic nitrogens is 2. The number of nitrogens with zero attached hydrogens (tertiary/aromatic N) is 4. The Kier molecular flexibility index (Phi) is 3.40. The maximum Gasteiger partial charge on any atom is 0.274 e. The normalized spacial score (nSPS) is 13.3. The van der Waals surface area contributed by atoms with Gasteiger partial charge in [0.2, 0.25) is 5.91 Å². The SMILES string of the molecule is Cc1cc2c(cc1[N+](=O)[O-])N(C(=O)Cc1cnn(C)c1)CC2. The molecule has 0 saturated heterocycles. The molecule has 1 aliphatic rings. The largest absolute Gasteiger partial charge is 0.311 e. The minimum atomic E-state index is -0.405. The highest BCUT2D eigenvalue weighted by Crippen LogP contribution is 2.34. The minimum Gasteiger partial charge on any atom is -0.311 e. The highest BCUT2D eigenvalue weighted by molar-refractivity contribution is 5.97. The van der Waals surface area contributed by atoms with Crippen LogP contribution in [0.4, 0.5) is 11.4 Å². The molecule has 0 bridgehead atoms. The molecular weight excluding hydrogens is 284 g/mol. The van der Waals surface area contributed by atoms with Crippen LogP contribution in [0, 0.1) is 17.0 Å². The average molecular weight is 300 g/mol. The summed E-state index contributed by atoms with van der Waals surface area (Å²) in [6.45, 7) is 2.29. The van der Waals surface area contributed by atoms with E-state index in [1.807, 2.05) is 6.07 Å². The maximum absolute atomic E-state index is 12.5. The number of fused-ring (bicyclic) bond motifs is 1. The lowest BCUT2D eigenvalue weighted by molar-refractivity contribution is -0.385. The van der Waals surface area contributed by atoms with Gasteiger partial charge in [0.25, 0.3) is 5.69 Å². The fourth-order valence-electron chi connectivity index (χ4n) is 2.84. The molecule has 0 aliphatic carbocycles. The van der Waals surface area contributed by atoms with Gasteiger partial charge < -0.3 is 4.90 Å². The van der Waals surface area contributed by atoms with Crippen molar-refractivity contribution < 1.29 is 9.72 Å². The number of carbonyl (C=O) groups excluding carboxylic acids is 1. The van der Waals surface area contributed by atoms with Crippen LogP contribution in [-0.4, -0.2) is 27.2 Å². The fraction of sp³-hybridized carbons (Fsp3) is 0.333. The Labute approximate surface area is 127 Å². The molecule has 0 unspecified atom stereocenters. The van der Waals surface area contributed by atoms with Crippen molar-refractivity contribution in [3.8, 4) is 0 Å².